The van der Waals surface area contributed by atoms with Gasteiger partial charge in [-0.25, -0.2) is 0 Å². The molecule has 0 bridgehead atoms. The molecule has 0 saturated carbocycles. The number of halogens is 1. The molecule has 0 radical (unpaired) electrons. The molecule has 0 aliphatic carbocycles. The molecule has 1 aromatic heterocycles. The van der Waals surface area contributed by atoms with Crippen molar-refractivity contribution in [2.24, 2.45) is 5.92 Å². The number of likely N-dealkylation sites (tertiary alicyclic amines) is 1. The molecular formula is C10H14ClN3. The van der Waals surface area contributed by atoms with E-state index < -0.39 is 0 Å². The van der Waals surface area contributed by atoms with E-state index in [1.807, 2.05) is 12.1 Å². The summed E-state index contributed by atoms with van der Waals surface area (Å²) >= 11 is 5.67. The highest BCUT2D eigenvalue weighted by atomic mass is 35.5. The fourth-order valence-electron chi connectivity index (χ4n) is 1.94. The lowest BCUT2D eigenvalue weighted by atomic mass is 10.0. The fraction of sp³-hybridized carbons (Fsp3) is 0.600. The summed E-state index contributed by atoms with van der Waals surface area (Å²) < 4.78 is 0. The van der Waals surface area contributed by atoms with E-state index in [1.54, 1.807) is 0 Å². The monoisotopic (exact) mass is 211 g/mol. The quantitative estimate of drug-likeness (QED) is 0.745. The second kappa shape index (κ2) is 4.24. The number of aromatic nitrogens is 2. The molecule has 1 aliphatic rings. The molecule has 0 amide bonds. The van der Waals surface area contributed by atoms with Gasteiger partial charge in [-0.3, -0.25) is 0 Å². The van der Waals surface area contributed by atoms with E-state index in [-0.39, 0.29) is 0 Å². The van der Waals surface area contributed by atoms with Crippen LogP contribution in [0, 0.1) is 5.92 Å². The van der Waals surface area contributed by atoms with Crippen LogP contribution in [0.1, 0.15) is 12.1 Å². The molecule has 14 heavy (non-hydrogen) atoms. The fourth-order valence-corrected chi connectivity index (χ4v) is 2.04. The van der Waals surface area contributed by atoms with Crippen LogP contribution in [0.5, 0.6) is 0 Å². The minimum atomic E-state index is 0.470. The van der Waals surface area contributed by atoms with Crippen molar-refractivity contribution < 1.29 is 0 Å². The summed E-state index contributed by atoms with van der Waals surface area (Å²) in [6.45, 7) is 2.37. The Bertz CT molecular complexity index is 299. The van der Waals surface area contributed by atoms with Gasteiger partial charge in [0.2, 0.25) is 0 Å². The standard InChI is InChI=1S/C10H14ClN3/c1-14-5-4-8(7-14)6-9-2-3-10(11)13-12-9/h2-3,8H,4-7H2,1H3. The summed E-state index contributed by atoms with van der Waals surface area (Å²) in [5.74, 6) is 0.732. The highest BCUT2D eigenvalue weighted by Gasteiger charge is 2.19. The van der Waals surface area contributed by atoms with Crippen molar-refractivity contribution in [3.63, 3.8) is 0 Å². The first-order chi connectivity index (χ1) is 6.74. The Morgan fingerprint density at radius 2 is 2.36 bits per heavy atom. The van der Waals surface area contributed by atoms with Crippen molar-refractivity contribution >= 4 is 11.6 Å². The van der Waals surface area contributed by atoms with Gasteiger partial charge in [0.05, 0.1) is 5.69 Å². The molecule has 1 saturated heterocycles. The minimum Gasteiger partial charge on any atom is -0.306 e. The molecule has 1 fully saturated rings. The Morgan fingerprint density at radius 1 is 1.50 bits per heavy atom. The van der Waals surface area contributed by atoms with E-state index in [1.165, 1.54) is 19.5 Å². The van der Waals surface area contributed by atoms with Gasteiger partial charge in [-0.2, -0.15) is 5.10 Å². The number of rotatable bonds is 2. The minimum absolute atomic E-state index is 0.470. The third-order valence-corrected chi connectivity index (χ3v) is 2.88. The van der Waals surface area contributed by atoms with Crippen LogP contribution in [0.25, 0.3) is 0 Å². The predicted octanol–water partition coefficient (Wildman–Crippen LogP) is 1.62. The van der Waals surface area contributed by atoms with Crippen molar-refractivity contribution in [2.45, 2.75) is 12.8 Å². The molecule has 2 heterocycles. The maximum absolute atomic E-state index is 5.67. The Hall–Kier alpha value is -0.670. The van der Waals surface area contributed by atoms with Crippen LogP contribution in [-0.4, -0.2) is 35.2 Å². The molecule has 3 nitrogen and oxygen atoms in total. The normalized spacial score (nSPS) is 22.9. The molecular weight excluding hydrogens is 198 g/mol. The number of hydrogen-bond acceptors (Lipinski definition) is 3. The van der Waals surface area contributed by atoms with Crippen LogP contribution in [0.15, 0.2) is 12.1 Å². The Balaban J connectivity index is 1.94. The second-order valence-electron chi connectivity index (χ2n) is 3.97. The summed E-state index contributed by atoms with van der Waals surface area (Å²) in [5, 5.41) is 8.38. The van der Waals surface area contributed by atoms with Crippen LogP contribution >= 0.6 is 11.6 Å². The average Bonchev–Trinajstić information content (AvgIpc) is 2.56. The summed E-state index contributed by atoms with van der Waals surface area (Å²) in [6, 6.07) is 3.77. The van der Waals surface area contributed by atoms with Gasteiger partial charge in [0, 0.05) is 6.54 Å². The van der Waals surface area contributed by atoms with Gasteiger partial charge in [0.25, 0.3) is 0 Å². The molecule has 4 heteroatoms. The lowest BCUT2D eigenvalue weighted by Crippen LogP contribution is -2.15. The van der Waals surface area contributed by atoms with Crippen molar-refractivity contribution in [1.82, 2.24) is 15.1 Å². The summed E-state index contributed by atoms with van der Waals surface area (Å²) in [6.07, 6.45) is 2.29. The maximum atomic E-state index is 5.67. The number of hydrogen-bond donors (Lipinski definition) is 0. The lowest BCUT2D eigenvalue weighted by molar-refractivity contribution is 0.393. The van der Waals surface area contributed by atoms with Crippen LogP contribution in [0.3, 0.4) is 0 Å². The van der Waals surface area contributed by atoms with Gasteiger partial charge in [-0.1, -0.05) is 11.6 Å². The zero-order valence-corrected chi connectivity index (χ0v) is 9.04. The zero-order chi connectivity index (χ0) is 9.97. The van der Waals surface area contributed by atoms with E-state index >= 15 is 0 Å². The Morgan fingerprint density at radius 3 is 2.93 bits per heavy atom. The van der Waals surface area contributed by atoms with Crippen LogP contribution in [-0.2, 0) is 6.42 Å². The van der Waals surface area contributed by atoms with Crippen molar-refractivity contribution in [2.75, 3.05) is 20.1 Å². The molecule has 1 aliphatic heterocycles. The van der Waals surface area contributed by atoms with E-state index in [9.17, 15) is 0 Å². The van der Waals surface area contributed by atoms with Gasteiger partial charge < -0.3 is 4.90 Å². The van der Waals surface area contributed by atoms with E-state index in [4.69, 9.17) is 11.6 Å². The van der Waals surface area contributed by atoms with Crippen LogP contribution in [0.4, 0.5) is 0 Å². The first-order valence-corrected chi connectivity index (χ1v) is 5.28. The van der Waals surface area contributed by atoms with Crippen molar-refractivity contribution in [3.05, 3.63) is 23.0 Å². The molecule has 0 aromatic carbocycles. The van der Waals surface area contributed by atoms with Crippen LogP contribution in [0.2, 0.25) is 5.15 Å². The lowest BCUT2D eigenvalue weighted by Gasteiger charge is -2.08. The first-order valence-electron chi connectivity index (χ1n) is 4.90. The Kier molecular flexibility index (Phi) is 2.99. The summed E-state index contributed by atoms with van der Waals surface area (Å²) in [5.41, 5.74) is 1.05. The van der Waals surface area contributed by atoms with E-state index in [2.05, 4.69) is 22.1 Å². The zero-order valence-electron chi connectivity index (χ0n) is 8.28. The van der Waals surface area contributed by atoms with Gasteiger partial charge in [0.1, 0.15) is 0 Å². The molecule has 0 N–H and O–H groups in total. The molecule has 76 valence electrons. The van der Waals surface area contributed by atoms with Gasteiger partial charge in [0.15, 0.2) is 5.15 Å². The van der Waals surface area contributed by atoms with Crippen molar-refractivity contribution in [1.29, 1.82) is 0 Å². The average molecular weight is 212 g/mol. The maximum Gasteiger partial charge on any atom is 0.151 e. The Labute approximate surface area is 89.1 Å². The van der Waals surface area contributed by atoms with Gasteiger partial charge in [-0.15, -0.1) is 5.10 Å². The van der Waals surface area contributed by atoms with Gasteiger partial charge >= 0.3 is 0 Å². The molecule has 2 rings (SSSR count). The largest absolute Gasteiger partial charge is 0.306 e. The highest BCUT2D eigenvalue weighted by Crippen LogP contribution is 2.18. The molecule has 0 spiro atoms. The third kappa shape index (κ3) is 2.42. The topological polar surface area (TPSA) is 29.0 Å². The third-order valence-electron chi connectivity index (χ3n) is 2.67. The second-order valence-corrected chi connectivity index (χ2v) is 4.36. The van der Waals surface area contributed by atoms with Crippen LogP contribution < -0.4 is 0 Å². The first kappa shape index (κ1) is 9.87. The molecule has 1 atom stereocenters. The SMILES string of the molecule is CN1CCC(Cc2ccc(Cl)nn2)C1. The summed E-state index contributed by atoms with van der Waals surface area (Å²) in [4.78, 5) is 2.36. The number of nitrogens with zero attached hydrogens (tertiary/aromatic N) is 3. The highest BCUT2D eigenvalue weighted by molar-refractivity contribution is 6.29. The van der Waals surface area contributed by atoms with Crippen molar-refractivity contribution in [3.8, 4) is 0 Å². The van der Waals surface area contributed by atoms with Gasteiger partial charge in [-0.05, 0) is 44.5 Å². The van der Waals surface area contributed by atoms with E-state index in [0.29, 0.717) is 5.15 Å². The molecule has 1 unspecified atom stereocenters. The smallest absolute Gasteiger partial charge is 0.151 e. The van der Waals surface area contributed by atoms with E-state index in [0.717, 1.165) is 18.0 Å². The molecule has 1 aromatic rings. The predicted molar refractivity (Wildman–Crippen MR) is 56.4 cm³/mol. The summed E-state index contributed by atoms with van der Waals surface area (Å²) in [7, 11) is 2.16.